The number of benzene rings is 2. The van der Waals surface area contributed by atoms with Gasteiger partial charge in [0, 0.05) is 22.0 Å². The second kappa shape index (κ2) is 7.10. The van der Waals surface area contributed by atoms with Crippen LogP contribution < -0.4 is 10.4 Å². The first-order valence-electron chi connectivity index (χ1n) is 8.02. The molecule has 3 aromatic rings. The Hall–Kier alpha value is -2.26. The topological polar surface area (TPSA) is 39.4 Å². The lowest BCUT2D eigenvalue weighted by atomic mass is 10.0. The molecule has 0 amide bonds. The van der Waals surface area contributed by atoms with E-state index in [0.29, 0.717) is 23.0 Å². The fourth-order valence-electron chi connectivity index (χ4n) is 2.75. The molecule has 3 rings (SSSR count). The van der Waals surface area contributed by atoms with Gasteiger partial charge >= 0.3 is 5.63 Å². The summed E-state index contributed by atoms with van der Waals surface area (Å²) in [4.78, 5) is 12.1. The molecule has 0 aliphatic carbocycles. The molecule has 2 aromatic carbocycles. The Morgan fingerprint density at radius 2 is 1.88 bits per heavy atom. The Labute approximate surface area is 145 Å². The van der Waals surface area contributed by atoms with E-state index in [9.17, 15) is 4.79 Å². The van der Waals surface area contributed by atoms with Crippen molar-refractivity contribution in [3.63, 3.8) is 0 Å². The zero-order valence-corrected chi connectivity index (χ0v) is 14.5. The van der Waals surface area contributed by atoms with Crippen molar-refractivity contribution in [2.45, 2.75) is 33.3 Å². The summed E-state index contributed by atoms with van der Waals surface area (Å²) in [5.41, 5.74) is 3.09. The third-order valence-corrected chi connectivity index (χ3v) is 4.33. The number of hydrogen-bond donors (Lipinski definition) is 0. The molecule has 4 heteroatoms. The van der Waals surface area contributed by atoms with Crippen LogP contribution in [0.5, 0.6) is 5.75 Å². The molecule has 0 N–H and O–H groups in total. The molecule has 0 spiro atoms. The minimum atomic E-state index is -0.253. The molecule has 0 fully saturated rings. The Morgan fingerprint density at radius 1 is 1.12 bits per heavy atom. The lowest BCUT2D eigenvalue weighted by Crippen LogP contribution is -2.10. The molecule has 1 aromatic heterocycles. The summed E-state index contributed by atoms with van der Waals surface area (Å²) in [6.45, 7) is 4.45. The zero-order chi connectivity index (χ0) is 17.1. The van der Waals surface area contributed by atoms with Crippen LogP contribution in [0.25, 0.3) is 11.0 Å². The van der Waals surface area contributed by atoms with Crippen molar-refractivity contribution in [1.29, 1.82) is 0 Å². The van der Waals surface area contributed by atoms with Crippen LogP contribution in [0.3, 0.4) is 0 Å². The first-order valence-corrected chi connectivity index (χ1v) is 8.40. The van der Waals surface area contributed by atoms with Gasteiger partial charge < -0.3 is 9.15 Å². The fourth-order valence-corrected chi connectivity index (χ4v) is 2.88. The van der Waals surface area contributed by atoms with Gasteiger partial charge in [0.15, 0.2) is 0 Å². The lowest BCUT2D eigenvalue weighted by molar-refractivity contribution is 0.306. The number of rotatable bonds is 5. The van der Waals surface area contributed by atoms with Crippen molar-refractivity contribution >= 4 is 22.6 Å². The number of fused-ring (bicyclic) bond motifs is 1. The van der Waals surface area contributed by atoms with Gasteiger partial charge in [-0.25, -0.2) is 4.79 Å². The van der Waals surface area contributed by atoms with Crippen molar-refractivity contribution in [3.8, 4) is 5.75 Å². The second-order valence-electron chi connectivity index (χ2n) is 5.82. The van der Waals surface area contributed by atoms with Gasteiger partial charge in [0.1, 0.15) is 17.9 Å². The van der Waals surface area contributed by atoms with Gasteiger partial charge in [0.05, 0.1) is 0 Å². The first-order chi connectivity index (χ1) is 11.6. The van der Waals surface area contributed by atoms with Gasteiger partial charge in [0.25, 0.3) is 0 Å². The molecular weight excluding hydrogens is 324 g/mol. The van der Waals surface area contributed by atoms with E-state index in [4.69, 9.17) is 20.8 Å². The quantitative estimate of drug-likeness (QED) is 0.592. The van der Waals surface area contributed by atoms with E-state index in [0.717, 1.165) is 34.9 Å². The van der Waals surface area contributed by atoms with Gasteiger partial charge in [-0.3, -0.25) is 0 Å². The van der Waals surface area contributed by atoms with E-state index < -0.39 is 0 Å². The standard InChI is InChI=1S/C20H19ClO3/c1-3-4-18-13(2)17-10-9-16(11-19(17)24-20(18)22)23-12-14-5-7-15(21)8-6-14/h5-11H,3-4,12H2,1-2H3. The maximum atomic E-state index is 12.1. The molecule has 24 heavy (non-hydrogen) atoms. The smallest absolute Gasteiger partial charge is 0.339 e. The molecule has 0 saturated carbocycles. The van der Waals surface area contributed by atoms with E-state index in [-0.39, 0.29) is 5.63 Å². The summed E-state index contributed by atoms with van der Waals surface area (Å²) < 4.78 is 11.3. The van der Waals surface area contributed by atoms with E-state index >= 15 is 0 Å². The molecular formula is C20H19ClO3. The first kappa shape index (κ1) is 16.6. The monoisotopic (exact) mass is 342 g/mol. The Kier molecular flexibility index (Phi) is 4.91. The highest BCUT2D eigenvalue weighted by Crippen LogP contribution is 2.25. The van der Waals surface area contributed by atoms with Crippen molar-refractivity contribution in [2.75, 3.05) is 0 Å². The van der Waals surface area contributed by atoms with E-state index in [1.807, 2.05) is 43.3 Å². The van der Waals surface area contributed by atoms with Crippen LogP contribution in [0.2, 0.25) is 5.02 Å². The maximum Gasteiger partial charge on any atom is 0.339 e. The van der Waals surface area contributed by atoms with Crippen molar-refractivity contribution in [3.05, 3.63) is 74.6 Å². The molecule has 124 valence electrons. The average molecular weight is 343 g/mol. The largest absolute Gasteiger partial charge is 0.489 e. The summed E-state index contributed by atoms with van der Waals surface area (Å²) in [6, 6.07) is 13.1. The summed E-state index contributed by atoms with van der Waals surface area (Å²) in [5.74, 6) is 0.670. The van der Waals surface area contributed by atoms with Crippen LogP contribution in [0.15, 0.2) is 51.7 Å². The third-order valence-electron chi connectivity index (χ3n) is 4.08. The van der Waals surface area contributed by atoms with E-state index in [1.54, 1.807) is 6.07 Å². The molecule has 0 aliphatic heterocycles. The summed E-state index contributed by atoms with van der Waals surface area (Å²) in [6.07, 6.45) is 1.65. The van der Waals surface area contributed by atoms with Crippen LogP contribution in [-0.2, 0) is 13.0 Å². The predicted octanol–water partition coefficient (Wildman–Crippen LogP) is 5.29. The third kappa shape index (κ3) is 3.46. The fraction of sp³-hybridized carbons (Fsp3) is 0.250. The summed E-state index contributed by atoms with van der Waals surface area (Å²) in [7, 11) is 0. The SMILES string of the molecule is CCCc1c(C)c2ccc(OCc3ccc(Cl)cc3)cc2oc1=O. The van der Waals surface area contributed by atoms with E-state index in [1.165, 1.54) is 0 Å². The lowest BCUT2D eigenvalue weighted by Gasteiger charge is -2.10. The molecule has 0 radical (unpaired) electrons. The molecule has 0 bridgehead atoms. The average Bonchev–Trinajstić information content (AvgIpc) is 2.58. The van der Waals surface area contributed by atoms with Gasteiger partial charge in [-0.1, -0.05) is 37.1 Å². The van der Waals surface area contributed by atoms with Crippen LogP contribution >= 0.6 is 11.6 Å². The molecule has 0 atom stereocenters. The maximum absolute atomic E-state index is 12.1. The minimum Gasteiger partial charge on any atom is -0.489 e. The summed E-state index contributed by atoms with van der Waals surface area (Å²) in [5, 5.41) is 1.65. The van der Waals surface area contributed by atoms with Crippen LogP contribution in [0, 0.1) is 6.92 Å². The number of halogens is 1. The molecule has 0 aliphatic rings. The van der Waals surface area contributed by atoms with Gasteiger partial charge in [-0.15, -0.1) is 0 Å². The normalized spacial score (nSPS) is 11.0. The van der Waals surface area contributed by atoms with Crippen LogP contribution in [-0.4, -0.2) is 0 Å². The second-order valence-corrected chi connectivity index (χ2v) is 6.25. The van der Waals surface area contributed by atoms with Crippen molar-refractivity contribution in [2.24, 2.45) is 0 Å². The van der Waals surface area contributed by atoms with Crippen LogP contribution in [0.1, 0.15) is 30.0 Å². The minimum absolute atomic E-state index is 0.253. The van der Waals surface area contributed by atoms with Crippen molar-refractivity contribution < 1.29 is 9.15 Å². The predicted molar refractivity (Wildman–Crippen MR) is 97.0 cm³/mol. The van der Waals surface area contributed by atoms with Gasteiger partial charge in [-0.05, 0) is 48.7 Å². The highest BCUT2D eigenvalue weighted by molar-refractivity contribution is 6.30. The Morgan fingerprint density at radius 3 is 2.58 bits per heavy atom. The molecule has 1 heterocycles. The van der Waals surface area contributed by atoms with Crippen molar-refractivity contribution in [1.82, 2.24) is 0 Å². The molecule has 0 unspecified atom stereocenters. The molecule has 3 nitrogen and oxygen atoms in total. The number of aryl methyl sites for hydroxylation is 1. The number of hydrogen-bond acceptors (Lipinski definition) is 3. The highest BCUT2D eigenvalue weighted by atomic mass is 35.5. The molecule has 0 saturated heterocycles. The van der Waals surface area contributed by atoms with Gasteiger partial charge in [-0.2, -0.15) is 0 Å². The highest BCUT2D eigenvalue weighted by Gasteiger charge is 2.11. The van der Waals surface area contributed by atoms with E-state index in [2.05, 4.69) is 6.92 Å². The Balaban J connectivity index is 1.87. The summed E-state index contributed by atoms with van der Waals surface area (Å²) >= 11 is 5.88. The van der Waals surface area contributed by atoms with Crippen LogP contribution in [0.4, 0.5) is 0 Å². The Bertz CT molecular complexity index is 911. The zero-order valence-electron chi connectivity index (χ0n) is 13.8. The number of ether oxygens (including phenoxy) is 1. The van der Waals surface area contributed by atoms with Gasteiger partial charge in [0.2, 0.25) is 0 Å².